The lowest BCUT2D eigenvalue weighted by molar-refractivity contribution is -0.386. The van der Waals surface area contributed by atoms with E-state index in [9.17, 15) is 14.9 Å². The molecule has 0 fully saturated rings. The number of carboxylic acid groups (broad SMARTS) is 1. The van der Waals surface area contributed by atoms with Crippen LogP contribution in [0.15, 0.2) is 42.7 Å². The van der Waals surface area contributed by atoms with Crippen molar-refractivity contribution < 1.29 is 19.6 Å². The van der Waals surface area contributed by atoms with Gasteiger partial charge in [0, 0.05) is 12.3 Å². The predicted octanol–water partition coefficient (Wildman–Crippen LogP) is 2.48. The van der Waals surface area contributed by atoms with Gasteiger partial charge in [-0.2, -0.15) is 0 Å². The minimum absolute atomic E-state index is 0.0445. The van der Waals surface area contributed by atoms with Crippen LogP contribution in [0.1, 0.15) is 10.4 Å². The molecule has 0 radical (unpaired) electrons. The van der Waals surface area contributed by atoms with E-state index in [2.05, 4.69) is 4.98 Å². The molecule has 7 heteroatoms. The van der Waals surface area contributed by atoms with E-state index in [0.29, 0.717) is 5.75 Å². The van der Waals surface area contributed by atoms with Crippen molar-refractivity contribution >= 4 is 11.7 Å². The highest BCUT2D eigenvalue weighted by Crippen LogP contribution is 2.29. The zero-order chi connectivity index (χ0) is 13.8. The average Bonchev–Trinajstić information content (AvgIpc) is 2.39. The monoisotopic (exact) mass is 260 g/mol. The second-order valence-corrected chi connectivity index (χ2v) is 3.53. The lowest BCUT2D eigenvalue weighted by Gasteiger charge is -2.05. The molecule has 0 saturated carbocycles. The Morgan fingerprint density at radius 2 is 1.95 bits per heavy atom. The predicted molar refractivity (Wildman–Crippen MR) is 64.4 cm³/mol. The molecule has 2 aromatic rings. The van der Waals surface area contributed by atoms with Crippen molar-refractivity contribution in [2.45, 2.75) is 0 Å². The van der Waals surface area contributed by atoms with Crippen LogP contribution in [0, 0.1) is 10.1 Å². The summed E-state index contributed by atoms with van der Waals surface area (Å²) in [6, 6.07) is 6.92. The van der Waals surface area contributed by atoms with Crippen molar-refractivity contribution in [3.8, 4) is 11.5 Å². The molecule has 19 heavy (non-hydrogen) atoms. The lowest BCUT2D eigenvalue weighted by Crippen LogP contribution is -1.96. The molecular weight excluding hydrogens is 252 g/mol. The van der Waals surface area contributed by atoms with Crippen molar-refractivity contribution in [2.24, 2.45) is 0 Å². The molecule has 96 valence electrons. The number of hydrogen-bond acceptors (Lipinski definition) is 5. The Morgan fingerprint density at radius 3 is 2.53 bits per heavy atom. The number of rotatable bonds is 4. The standard InChI is InChI=1S/C12H8N2O5/c15-12(16)8-1-3-9(4-2-8)19-11-5-6-13-7-10(11)14(17)18/h1-7H,(H,15,16). The molecule has 1 N–H and O–H groups in total. The van der Waals surface area contributed by atoms with Crippen LogP contribution in [-0.2, 0) is 0 Å². The lowest BCUT2D eigenvalue weighted by atomic mass is 10.2. The van der Waals surface area contributed by atoms with E-state index in [1.165, 1.54) is 36.5 Å². The highest BCUT2D eigenvalue weighted by Gasteiger charge is 2.15. The maximum absolute atomic E-state index is 10.8. The fourth-order valence-electron chi connectivity index (χ4n) is 1.39. The van der Waals surface area contributed by atoms with Gasteiger partial charge in [-0.25, -0.2) is 4.79 Å². The first-order chi connectivity index (χ1) is 9.08. The first kappa shape index (κ1) is 12.5. The van der Waals surface area contributed by atoms with E-state index in [-0.39, 0.29) is 17.0 Å². The van der Waals surface area contributed by atoms with E-state index >= 15 is 0 Å². The van der Waals surface area contributed by atoms with E-state index in [1.54, 1.807) is 0 Å². The van der Waals surface area contributed by atoms with Crippen LogP contribution in [0.3, 0.4) is 0 Å². The van der Waals surface area contributed by atoms with Crippen LogP contribution in [0.2, 0.25) is 0 Å². The molecule has 1 heterocycles. The molecular formula is C12H8N2O5. The van der Waals surface area contributed by atoms with Crippen molar-refractivity contribution in [1.29, 1.82) is 0 Å². The highest BCUT2D eigenvalue weighted by molar-refractivity contribution is 5.87. The summed E-state index contributed by atoms with van der Waals surface area (Å²) in [5, 5.41) is 19.5. The zero-order valence-corrected chi connectivity index (χ0v) is 9.52. The van der Waals surface area contributed by atoms with Crippen LogP contribution in [0.25, 0.3) is 0 Å². The molecule has 2 rings (SSSR count). The topological polar surface area (TPSA) is 103 Å². The van der Waals surface area contributed by atoms with Gasteiger partial charge in [-0.05, 0) is 24.3 Å². The summed E-state index contributed by atoms with van der Waals surface area (Å²) in [5.74, 6) is -0.705. The van der Waals surface area contributed by atoms with Crippen LogP contribution in [0.5, 0.6) is 11.5 Å². The normalized spacial score (nSPS) is 9.89. The molecule has 0 spiro atoms. The maximum atomic E-state index is 10.8. The molecule has 1 aromatic heterocycles. The molecule has 0 amide bonds. The van der Waals surface area contributed by atoms with Crippen LogP contribution < -0.4 is 4.74 Å². The molecule has 0 aliphatic rings. The summed E-state index contributed by atoms with van der Waals surface area (Å²) >= 11 is 0. The largest absolute Gasteiger partial charge is 0.478 e. The van der Waals surface area contributed by atoms with Crippen molar-refractivity contribution in [2.75, 3.05) is 0 Å². The van der Waals surface area contributed by atoms with Gasteiger partial charge in [0.2, 0.25) is 5.75 Å². The minimum atomic E-state index is -1.05. The Bertz CT molecular complexity index is 624. The first-order valence-corrected chi connectivity index (χ1v) is 5.17. The molecule has 0 aliphatic heterocycles. The number of aromatic nitrogens is 1. The Labute approximate surface area is 107 Å². The summed E-state index contributed by atoms with van der Waals surface area (Å²) < 4.78 is 5.33. The Morgan fingerprint density at radius 1 is 1.26 bits per heavy atom. The number of hydrogen-bond donors (Lipinski definition) is 1. The van der Waals surface area contributed by atoms with E-state index in [4.69, 9.17) is 9.84 Å². The third-order valence-corrected chi connectivity index (χ3v) is 2.29. The third kappa shape index (κ3) is 2.83. The number of carboxylic acids is 1. The molecule has 0 bridgehead atoms. The zero-order valence-electron chi connectivity index (χ0n) is 9.52. The minimum Gasteiger partial charge on any atom is -0.478 e. The summed E-state index contributed by atoms with van der Waals surface area (Å²) in [6.45, 7) is 0. The number of benzene rings is 1. The van der Waals surface area contributed by atoms with Crippen LogP contribution >= 0.6 is 0 Å². The number of carbonyl (C=O) groups is 1. The van der Waals surface area contributed by atoms with Gasteiger partial charge in [0.25, 0.3) is 0 Å². The average molecular weight is 260 g/mol. The van der Waals surface area contributed by atoms with E-state index < -0.39 is 10.9 Å². The van der Waals surface area contributed by atoms with Crippen molar-refractivity contribution in [1.82, 2.24) is 4.98 Å². The highest BCUT2D eigenvalue weighted by atomic mass is 16.6. The Kier molecular flexibility index (Phi) is 3.37. The number of aromatic carboxylic acids is 1. The summed E-state index contributed by atoms with van der Waals surface area (Å²) in [5.41, 5.74) is -0.151. The van der Waals surface area contributed by atoms with Gasteiger partial charge < -0.3 is 9.84 Å². The summed E-state index contributed by atoms with van der Waals surface area (Å²) in [4.78, 5) is 24.5. The van der Waals surface area contributed by atoms with Gasteiger partial charge in [0.1, 0.15) is 11.9 Å². The van der Waals surface area contributed by atoms with E-state index in [1.807, 2.05) is 0 Å². The van der Waals surface area contributed by atoms with E-state index in [0.717, 1.165) is 6.20 Å². The fourth-order valence-corrected chi connectivity index (χ4v) is 1.39. The smallest absolute Gasteiger partial charge is 0.335 e. The molecule has 0 aliphatic carbocycles. The maximum Gasteiger partial charge on any atom is 0.335 e. The molecule has 0 saturated heterocycles. The molecule has 0 atom stereocenters. The van der Waals surface area contributed by atoms with Gasteiger partial charge in [0.15, 0.2) is 0 Å². The first-order valence-electron chi connectivity index (χ1n) is 5.17. The number of nitro groups is 1. The Hall–Kier alpha value is -2.96. The van der Waals surface area contributed by atoms with Crippen LogP contribution in [-0.4, -0.2) is 21.0 Å². The molecule has 0 unspecified atom stereocenters. The second kappa shape index (κ2) is 5.13. The number of nitrogens with zero attached hydrogens (tertiary/aromatic N) is 2. The van der Waals surface area contributed by atoms with Crippen molar-refractivity contribution in [3.05, 3.63) is 58.4 Å². The van der Waals surface area contributed by atoms with Gasteiger partial charge in [-0.1, -0.05) is 0 Å². The molecule has 1 aromatic carbocycles. The summed E-state index contributed by atoms with van der Waals surface area (Å²) in [6.07, 6.45) is 2.45. The quantitative estimate of drug-likeness (QED) is 0.669. The second-order valence-electron chi connectivity index (χ2n) is 3.53. The van der Waals surface area contributed by atoms with Crippen molar-refractivity contribution in [3.63, 3.8) is 0 Å². The summed E-state index contributed by atoms with van der Waals surface area (Å²) in [7, 11) is 0. The number of ether oxygens (including phenoxy) is 1. The Balaban J connectivity index is 2.26. The van der Waals surface area contributed by atoms with Gasteiger partial charge in [-0.3, -0.25) is 15.1 Å². The third-order valence-electron chi connectivity index (χ3n) is 2.29. The van der Waals surface area contributed by atoms with Gasteiger partial charge in [-0.15, -0.1) is 0 Å². The fraction of sp³-hybridized carbons (Fsp3) is 0. The molecule has 7 nitrogen and oxygen atoms in total. The van der Waals surface area contributed by atoms with Gasteiger partial charge >= 0.3 is 11.7 Å². The van der Waals surface area contributed by atoms with Crippen LogP contribution in [0.4, 0.5) is 5.69 Å². The van der Waals surface area contributed by atoms with Gasteiger partial charge in [0.05, 0.1) is 10.5 Å². The number of pyridine rings is 1. The SMILES string of the molecule is O=C(O)c1ccc(Oc2ccncc2[N+](=O)[O-])cc1.